The van der Waals surface area contributed by atoms with Crippen LogP contribution in [0.15, 0.2) is 24.5 Å². The fourth-order valence-corrected chi connectivity index (χ4v) is 4.85. The third-order valence-electron chi connectivity index (χ3n) is 6.07. The Labute approximate surface area is 184 Å². The number of hydrogen-bond donors (Lipinski definition) is 3. The first-order valence-corrected chi connectivity index (χ1v) is 10.3. The van der Waals surface area contributed by atoms with Gasteiger partial charge in [0.05, 0.1) is 18.1 Å². The van der Waals surface area contributed by atoms with Crippen LogP contribution in [0.1, 0.15) is 38.7 Å². The molecule has 2 bridgehead atoms. The second kappa shape index (κ2) is 7.92. The van der Waals surface area contributed by atoms with Crippen molar-refractivity contribution in [3.05, 3.63) is 41.7 Å². The minimum absolute atomic E-state index is 0.0626. The number of aryl methyl sites for hydroxylation is 1. The standard InChI is InChI=1S/C22H24F2N6O2/c1-11-4-15-8-22(7-11,20(26)32-13(3)25)30(15)21(31)29-18-6-16(12(2)5-17(18)24)19-27-9-14(23)10-28-19/h5-6,9-11,15,25-26H,4,7-8H2,1-3H3,(H,29,31)/t11-,15+,22-/m1/s1. The quantitative estimate of drug-likeness (QED) is 0.480. The number of nitrogens with one attached hydrogen (secondary N) is 3. The third-order valence-corrected chi connectivity index (χ3v) is 6.07. The highest BCUT2D eigenvalue weighted by atomic mass is 19.1. The molecule has 2 aromatic rings. The highest BCUT2D eigenvalue weighted by molar-refractivity contribution is 6.00. The molecule has 168 valence electrons. The maximum Gasteiger partial charge on any atom is 0.323 e. The fraction of sp³-hybridized carbons (Fsp3) is 0.409. The zero-order chi connectivity index (χ0) is 23.2. The van der Waals surface area contributed by atoms with Crippen molar-refractivity contribution in [2.24, 2.45) is 5.92 Å². The molecule has 0 radical (unpaired) electrons. The van der Waals surface area contributed by atoms with E-state index in [1.54, 1.807) is 6.92 Å². The zero-order valence-electron chi connectivity index (χ0n) is 18.0. The molecule has 2 heterocycles. The molecule has 1 saturated carbocycles. The van der Waals surface area contributed by atoms with E-state index >= 15 is 0 Å². The van der Waals surface area contributed by atoms with Gasteiger partial charge in [-0.15, -0.1) is 0 Å². The summed E-state index contributed by atoms with van der Waals surface area (Å²) in [7, 11) is 0. The summed E-state index contributed by atoms with van der Waals surface area (Å²) in [5.74, 6) is -0.992. The second-order valence-corrected chi connectivity index (χ2v) is 8.59. The topological polar surface area (TPSA) is 115 Å². The number of amides is 2. The summed E-state index contributed by atoms with van der Waals surface area (Å²) in [5.41, 5.74) is -0.00898. The van der Waals surface area contributed by atoms with Gasteiger partial charge in [-0.25, -0.2) is 23.5 Å². The van der Waals surface area contributed by atoms with Crippen LogP contribution in [0.2, 0.25) is 0 Å². The Hall–Kier alpha value is -3.43. The molecule has 10 heteroatoms. The molecule has 3 atom stereocenters. The lowest BCUT2D eigenvalue weighted by Gasteiger charge is -2.62. The van der Waals surface area contributed by atoms with Gasteiger partial charge in [-0.05, 0) is 43.4 Å². The summed E-state index contributed by atoms with van der Waals surface area (Å²) in [6.45, 7) is 5.15. The van der Waals surface area contributed by atoms with Gasteiger partial charge >= 0.3 is 6.03 Å². The van der Waals surface area contributed by atoms with Gasteiger partial charge in [0.2, 0.25) is 5.90 Å². The van der Waals surface area contributed by atoms with Crippen LogP contribution in [0.3, 0.4) is 0 Å². The number of carbonyl (C=O) groups is 1. The first-order chi connectivity index (χ1) is 15.1. The van der Waals surface area contributed by atoms with E-state index in [1.807, 2.05) is 0 Å². The van der Waals surface area contributed by atoms with Crippen LogP contribution in [-0.2, 0) is 4.74 Å². The van der Waals surface area contributed by atoms with Crippen molar-refractivity contribution in [1.82, 2.24) is 14.9 Å². The molecule has 2 amide bonds. The molecule has 1 aromatic heterocycles. The molecular formula is C22H24F2N6O2. The van der Waals surface area contributed by atoms with Crippen LogP contribution in [0.4, 0.5) is 19.3 Å². The van der Waals surface area contributed by atoms with Crippen LogP contribution in [0, 0.1) is 35.3 Å². The number of likely N-dealkylation sites (tertiary alicyclic amines) is 1. The van der Waals surface area contributed by atoms with E-state index in [-0.39, 0.29) is 35.3 Å². The zero-order valence-corrected chi connectivity index (χ0v) is 18.0. The van der Waals surface area contributed by atoms with Crippen LogP contribution < -0.4 is 5.32 Å². The Kier molecular flexibility index (Phi) is 5.39. The normalized spacial score (nSPS) is 23.8. The van der Waals surface area contributed by atoms with Crippen molar-refractivity contribution in [1.29, 1.82) is 10.8 Å². The number of nitrogens with zero attached hydrogens (tertiary/aromatic N) is 3. The smallest absolute Gasteiger partial charge is 0.323 e. The van der Waals surface area contributed by atoms with E-state index in [2.05, 4.69) is 22.2 Å². The molecule has 1 saturated heterocycles. The maximum absolute atomic E-state index is 14.7. The number of aromatic nitrogens is 2. The summed E-state index contributed by atoms with van der Waals surface area (Å²) in [6, 6.07) is 2.04. The Balaban J connectivity index is 1.62. The van der Waals surface area contributed by atoms with Crippen LogP contribution >= 0.6 is 0 Å². The molecule has 1 aliphatic carbocycles. The van der Waals surface area contributed by atoms with Crippen molar-refractivity contribution >= 4 is 23.5 Å². The number of halogens is 2. The number of benzene rings is 1. The van der Waals surface area contributed by atoms with Crippen molar-refractivity contribution in [3.63, 3.8) is 0 Å². The van der Waals surface area contributed by atoms with Crippen molar-refractivity contribution in [2.75, 3.05) is 5.32 Å². The molecule has 1 aromatic carbocycles. The molecule has 3 N–H and O–H groups in total. The van der Waals surface area contributed by atoms with Crippen molar-refractivity contribution in [2.45, 2.75) is 51.6 Å². The Bertz CT molecular complexity index is 1110. The summed E-state index contributed by atoms with van der Waals surface area (Å²) in [6.07, 6.45) is 3.92. The minimum atomic E-state index is -0.946. The van der Waals surface area contributed by atoms with Gasteiger partial charge in [-0.1, -0.05) is 6.92 Å². The average molecular weight is 442 g/mol. The Morgan fingerprint density at radius 1 is 1.25 bits per heavy atom. The number of hydrogen-bond acceptors (Lipinski definition) is 6. The molecule has 0 spiro atoms. The average Bonchev–Trinajstić information content (AvgIpc) is 2.69. The molecule has 32 heavy (non-hydrogen) atoms. The summed E-state index contributed by atoms with van der Waals surface area (Å²) >= 11 is 0. The lowest BCUT2D eigenvalue weighted by molar-refractivity contribution is -0.0539. The number of piperidine rings is 1. The van der Waals surface area contributed by atoms with E-state index in [1.165, 1.54) is 24.0 Å². The monoisotopic (exact) mass is 442 g/mol. The number of ether oxygens (including phenoxy) is 1. The van der Waals surface area contributed by atoms with Gasteiger partial charge in [0.25, 0.3) is 0 Å². The van der Waals surface area contributed by atoms with Gasteiger partial charge in [-0.3, -0.25) is 10.8 Å². The van der Waals surface area contributed by atoms with E-state index in [0.717, 1.165) is 18.8 Å². The largest absolute Gasteiger partial charge is 0.428 e. The first kappa shape index (κ1) is 21.8. The molecule has 0 unspecified atom stereocenters. The maximum atomic E-state index is 14.7. The summed E-state index contributed by atoms with van der Waals surface area (Å²) < 4.78 is 33.1. The number of carbonyl (C=O) groups excluding carboxylic acids is 1. The van der Waals surface area contributed by atoms with Crippen LogP contribution in [0.5, 0.6) is 0 Å². The SMILES string of the molecule is CC(=N)OC(=N)[C@@]12C[C@H](C)C[C@@H](C1)N2C(=O)Nc1cc(-c2ncc(F)cn2)c(C)cc1F. The number of fused-ring (bicyclic) bond motifs is 2. The van der Waals surface area contributed by atoms with E-state index in [0.29, 0.717) is 24.0 Å². The number of rotatable bonds is 3. The summed E-state index contributed by atoms with van der Waals surface area (Å²) in [4.78, 5) is 22.6. The van der Waals surface area contributed by atoms with Crippen molar-refractivity contribution in [3.8, 4) is 11.4 Å². The highest BCUT2D eigenvalue weighted by Gasteiger charge is 2.62. The van der Waals surface area contributed by atoms with E-state index in [4.69, 9.17) is 15.6 Å². The molecule has 8 nitrogen and oxygen atoms in total. The molecule has 2 fully saturated rings. The van der Waals surface area contributed by atoms with Gasteiger partial charge < -0.3 is 15.0 Å². The molecule has 4 rings (SSSR count). The first-order valence-electron chi connectivity index (χ1n) is 10.3. The van der Waals surface area contributed by atoms with Gasteiger partial charge in [0, 0.05) is 24.9 Å². The lowest BCUT2D eigenvalue weighted by atomic mass is 9.64. The molecule has 1 aliphatic heterocycles. The van der Waals surface area contributed by atoms with Crippen LogP contribution in [-0.4, -0.2) is 44.3 Å². The molecular weight excluding hydrogens is 418 g/mol. The van der Waals surface area contributed by atoms with Crippen molar-refractivity contribution < 1.29 is 18.3 Å². The van der Waals surface area contributed by atoms with E-state index < -0.39 is 23.2 Å². The predicted molar refractivity (Wildman–Crippen MR) is 115 cm³/mol. The Morgan fingerprint density at radius 3 is 2.59 bits per heavy atom. The molecule has 2 aliphatic rings. The van der Waals surface area contributed by atoms with Gasteiger partial charge in [0.15, 0.2) is 17.5 Å². The third kappa shape index (κ3) is 3.69. The Morgan fingerprint density at radius 2 is 1.94 bits per heavy atom. The second-order valence-electron chi connectivity index (χ2n) is 8.59. The van der Waals surface area contributed by atoms with Gasteiger partial charge in [0.1, 0.15) is 11.4 Å². The predicted octanol–water partition coefficient (Wildman–Crippen LogP) is 4.50. The minimum Gasteiger partial charge on any atom is -0.428 e. The number of urea groups is 1. The van der Waals surface area contributed by atoms with Crippen LogP contribution in [0.25, 0.3) is 11.4 Å². The number of anilines is 1. The lowest BCUT2D eigenvalue weighted by Crippen LogP contribution is -2.75. The highest BCUT2D eigenvalue weighted by Crippen LogP contribution is 2.50. The van der Waals surface area contributed by atoms with Gasteiger partial charge in [-0.2, -0.15) is 0 Å². The fourth-order valence-electron chi connectivity index (χ4n) is 4.85. The van der Waals surface area contributed by atoms with E-state index in [9.17, 15) is 13.6 Å². The summed E-state index contributed by atoms with van der Waals surface area (Å²) in [5, 5.41) is 18.5.